The van der Waals surface area contributed by atoms with Crippen LogP contribution in [0.25, 0.3) is 11.2 Å². The van der Waals surface area contributed by atoms with Gasteiger partial charge in [0.05, 0.1) is 5.71 Å². The molecule has 5 rings (SSSR count). The van der Waals surface area contributed by atoms with Gasteiger partial charge in [-0.25, -0.2) is 0 Å². The summed E-state index contributed by atoms with van der Waals surface area (Å²) in [4.78, 5) is 0. The zero-order valence-corrected chi connectivity index (χ0v) is 42.5. The van der Waals surface area contributed by atoms with Gasteiger partial charge in [-0.05, 0) is 92.1 Å². The van der Waals surface area contributed by atoms with Crippen molar-refractivity contribution in [2.45, 2.75) is 141 Å². The van der Waals surface area contributed by atoms with Gasteiger partial charge in [0, 0.05) is 0 Å². The molecule has 2 aliphatic rings. The van der Waals surface area contributed by atoms with Crippen molar-refractivity contribution in [3.05, 3.63) is 112 Å². The van der Waals surface area contributed by atoms with Crippen LogP contribution in [-0.4, -0.2) is 12.3 Å². The SMILES string of the molecule is CC(C)(C)c1cc(C(C)(C)C)c([NH-])c(C(C)(C)C[N-]N=C(c2ccccc2)c2ccccc2)c1.CC1C(C)C(C)C(C)C1C.CC1C(C)C(C)C(C)C1C.[U+2]. The first kappa shape index (κ1) is 49.1. The molecule has 0 saturated heterocycles. The number of rotatable bonds is 6. The summed E-state index contributed by atoms with van der Waals surface area (Å²) in [6.45, 7) is 42.1. The summed E-state index contributed by atoms with van der Waals surface area (Å²) in [6, 6.07) is 24.8. The molecule has 0 bridgehead atoms. The standard InChI is InChI=1S/C31H39N3.2C10H20.U/c1-29(2,3)24-19-25(30(4,5)6)27(32)26(20-24)31(7,8)21-33-34-28(22-15-11-9-12-16-22)23-17-13-10-14-18-23;2*1-6-7(2)9(4)10(5)8(6)3;/h9-20,32H,21H2,1-8H3;2*6-10H,1-5H3;/q-2;;;+2. The number of hydrogen-bond acceptors (Lipinski definition) is 1. The summed E-state index contributed by atoms with van der Waals surface area (Å²) in [6.07, 6.45) is 0. The van der Waals surface area contributed by atoms with E-state index in [9.17, 15) is 0 Å². The van der Waals surface area contributed by atoms with Crippen LogP contribution < -0.4 is 0 Å². The van der Waals surface area contributed by atoms with Crippen LogP contribution in [0, 0.1) is 90.3 Å². The predicted molar refractivity (Wildman–Crippen MR) is 239 cm³/mol. The zero-order valence-electron chi connectivity index (χ0n) is 38.3. The van der Waals surface area contributed by atoms with E-state index in [2.05, 4.69) is 161 Å². The Kier molecular flexibility index (Phi) is 18.0. The average Bonchev–Trinajstić information content (AvgIpc) is 3.39. The molecule has 0 unspecified atom stereocenters. The monoisotopic (exact) mass is 972 g/mol. The van der Waals surface area contributed by atoms with Gasteiger partial charge in [0.25, 0.3) is 0 Å². The molecular formula is C51H79N3U. The van der Waals surface area contributed by atoms with Crippen LogP contribution in [0.3, 0.4) is 0 Å². The Morgan fingerprint density at radius 1 is 0.509 bits per heavy atom. The summed E-state index contributed by atoms with van der Waals surface area (Å²) in [5, 5.41) is 4.73. The van der Waals surface area contributed by atoms with Crippen molar-refractivity contribution in [2.75, 3.05) is 6.54 Å². The normalized spacial score (nSPS) is 27.8. The molecule has 0 atom stereocenters. The summed E-state index contributed by atoms with van der Waals surface area (Å²) < 4.78 is 0. The first-order valence-electron chi connectivity index (χ1n) is 21.2. The third-order valence-electron chi connectivity index (χ3n) is 14.6. The van der Waals surface area contributed by atoms with Crippen LogP contribution in [0.4, 0.5) is 5.69 Å². The second-order valence-corrected chi connectivity index (χ2v) is 20.4. The third kappa shape index (κ3) is 12.2. The van der Waals surface area contributed by atoms with Crippen molar-refractivity contribution < 1.29 is 31.1 Å². The van der Waals surface area contributed by atoms with Crippen LogP contribution in [0.15, 0.2) is 77.9 Å². The van der Waals surface area contributed by atoms with Crippen molar-refractivity contribution in [2.24, 2.45) is 64.3 Å². The van der Waals surface area contributed by atoms with E-state index in [1.165, 1.54) is 5.56 Å². The minimum Gasteiger partial charge on any atom is -0.698 e. The van der Waals surface area contributed by atoms with Crippen molar-refractivity contribution in [1.29, 1.82) is 0 Å². The first-order chi connectivity index (χ1) is 24.9. The summed E-state index contributed by atoms with van der Waals surface area (Å²) in [5.41, 5.74) is 20.3. The van der Waals surface area contributed by atoms with Crippen molar-refractivity contribution in [1.82, 2.24) is 0 Å². The Bertz CT molecular complexity index is 1470. The van der Waals surface area contributed by atoms with Crippen LogP contribution in [0.2, 0.25) is 0 Å². The number of benzene rings is 3. The molecular weight excluding hydrogens is 893 g/mol. The molecule has 3 nitrogen and oxygen atoms in total. The molecule has 0 aromatic heterocycles. The van der Waals surface area contributed by atoms with Crippen molar-refractivity contribution in [3.63, 3.8) is 0 Å². The molecule has 0 spiro atoms. The van der Waals surface area contributed by atoms with Crippen molar-refractivity contribution in [3.8, 4) is 0 Å². The van der Waals surface area contributed by atoms with E-state index in [0.717, 1.165) is 87.1 Å². The van der Waals surface area contributed by atoms with Gasteiger partial charge in [-0.15, -0.1) is 12.2 Å². The Hall–Kier alpha value is -2.02. The molecule has 302 valence electrons. The van der Waals surface area contributed by atoms with Gasteiger partial charge >= 0.3 is 31.1 Å². The molecule has 2 saturated carbocycles. The quantitative estimate of drug-likeness (QED) is 0.175. The predicted octanol–water partition coefficient (Wildman–Crippen LogP) is 15.4. The maximum Gasteiger partial charge on any atom is 2.00 e. The largest absolute Gasteiger partial charge is 2.00 e. The van der Waals surface area contributed by atoms with Gasteiger partial charge in [0.1, 0.15) is 0 Å². The summed E-state index contributed by atoms with van der Waals surface area (Å²) in [7, 11) is 0. The number of nitrogens with one attached hydrogen (secondary N) is 1. The Labute approximate surface area is 363 Å². The molecule has 3 aromatic carbocycles. The van der Waals surface area contributed by atoms with Gasteiger partial charge in [0.15, 0.2) is 0 Å². The Morgan fingerprint density at radius 3 is 1.11 bits per heavy atom. The molecule has 2 aliphatic carbocycles. The number of nitrogens with zero attached hydrogens (tertiary/aromatic N) is 2. The average molecular weight is 972 g/mol. The molecule has 0 amide bonds. The summed E-state index contributed by atoms with van der Waals surface area (Å²) >= 11 is 0. The van der Waals surface area contributed by atoms with E-state index >= 15 is 0 Å². The number of hydrogen-bond donors (Lipinski definition) is 0. The molecule has 0 aliphatic heterocycles. The second-order valence-electron chi connectivity index (χ2n) is 20.4. The molecule has 2 fully saturated rings. The molecule has 55 heavy (non-hydrogen) atoms. The maximum atomic E-state index is 9.07. The van der Waals surface area contributed by atoms with Gasteiger partial charge in [0.2, 0.25) is 0 Å². The van der Waals surface area contributed by atoms with E-state index in [0.29, 0.717) is 12.2 Å². The third-order valence-corrected chi connectivity index (χ3v) is 14.6. The second kappa shape index (κ2) is 20.1. The fraction of sp³-hybridized carbons (Fsp3) is 0.627. The van der Waals surface area contributed by atoms with E-state index < -0.39 is 0 Å². The van der Waals surface area contributed by atoms with Crippen LogP contribution in [-0.2, 0) is 16.2 Å². The fourth-order valence-corrected chi connectivity index (χ4v) is 8.83. The van der Waals surface area contributed by atoms with Crippen LogP contribution >= 0.6 is 0 Å². The topological polar surface area (TPSA) is 50.3 Å². The van der Waals surface area contributed by atoms with E-state index in [1.54, 1.807) is 0 Å². The van der Waals surface area contributed by atoms with E-state index in [4.69, 9.17) is 16.3 Å². The first-order valence-corrected chi connectivity index (χ1v) is 21.2. The molecule has 4 heteroatoms. The van der Waals surface area contributed by atoms with E-state index in [1.807, 2.05) is 36.4 Å². The minimum absolute atomic E-state index is 0. The van der Waals surface area contributed by atoms with Crippen LogP contribution in [0.1, 0.15) is 152 Å². The van der Waals surface area contributed by atoms with E-state index in [-0.39, 0.29) is 47.4 Å². The minimum atomic E-state index is -0.333. The van der Waals surface area contributed by atoms with Gasteiger partial charge in [-0.2, -0.15) is 0 Å². The Balaban J connectivity index is 0.000000403. The molecule has 1 N–H and O–H groups in total. The van der Waals surface area contributed by atoms with Crippen molar-refractivity contribution >= 4 is 11.4 Å². The van der Waals surface area contributed by atoms with Crippen LogP contribution in [0.5, 0.6) is 0 Å². The zero-order chi connectivity index (χ0) is 40.9. The van der Waals surface area contributed by atoms with Gasteiger partial charge < -0.3 is 16.3 Å². The Morgan fingerprint density at radius 2 is 0.818 bits per heavy atom. The summed E-state index contributed by atoms with van der Waals surface area (Å²) in [5.74, 6) is 9.35. The molecule has 3 aromatic rings. The van der Waals surface area contributed by atoms with Gasteiger partial charge in [-0.1, -0.05) is 209 Å². The fourth-order valence-electron chi connectivity index (χ4n) is 8.83. The smallest absolute Gasteiger partial charge is 0.698 e. The van der Waals surface area contributed by atoms with Gasteiger partial charge in [-0.3, -0.25) is 0 Å². The molecule has 0 radical (unpaired) electrons. The molecule has 0 heterocycles. The maximum absolute atomic E-state index is 9.07.